The van der Waals surface area contributed by atoms with Crippen LogP contribution in [0.2, 0.25) is 0 Å². The van der Waals surface area contributed by atoms with E-state index in [2.05, 4.69) is 19.2 Å². The molecule has 0 aliphatic rings. The second-order valence-corrected chi connectivity index (χ2v) is 3.64. The van der Waals surface area contributed by atoms with Crippen LogP contribution in [-0.2, 0) is 4.79 Å². The summed E-state index contributed by atoms with van der Waals surface area (Å²) in [5.74, 6) is 0.0864. The molecule has 0 heterocycles. The molecule has 1 N–H and O–H groups in total. The van der Waals surface area contributed by atoms with Crippen LogP contribution in [0.3, 0.4) is 0 Å². The van der Waals surface area contributed by atoms with Crippen molar-refractivity contribution in [3.63, 3.8) is 0 Å². The van der Waals surface area contributed by atoms with Gasteiger partial charge in [-0.2, -0.15) is 0 Å². The number of carbonyl (C=O) groups is 1. The Morgan fingerprint density at radius 1 is 1.21 bits per heavy atom. The Bertz CT molecular complexity index is 185. The molecule has 0 aliphatic heterocycles. The van der Waals surface area contributed by atoms with E-state index in [-0.39, 0.29) is 5.91 Å². The summed E-state index contributed by atoms with van der Waals surface area (Å²) in [4.78, 5) is 11.4. The van der Waals surface area contributed by atoms with Crippen LogP contribution in [-0.4, -0.2) is 12.5 Å². The maximum Gasteiger partial charge on any atom is 0.246 e. The lowest BCUT2D eigenvalue weighted by molar-refractivity contribution is -0.117. The van der Waals surface area contributed by atoms with Crippen molar-refractivity contribution in [3.05, 3.63) is 11.6 Å². The molecular weight excluding hydrogens is 174 g/mol. The maximum absolute atomic E-state index is 11.4. The zero-order valence-electron chi connectivity index (χ0n) is 9.73. The van der Waals surface area contributed by atoms with Gasteiger partial charge >= 0.3 is 0 Å². The summed E-state index contributed by atoms with van der Waals surface area (Å²) in [5, 5.41) is 2.87. The number of nitrogens with one attached hydrogen (secondary N) is 1. The third kappa shape index (κ3) is 6.70. The van der Waals surface area contributed by atoms with E-state index in [0.29, 0.717) is 0 Å². The van der Waals surface area contributed by atoms with Crippen LogP contribution >= 0.6 is 0 Å². The first kappa shape index (κ1) is 13.2. The fraction of sp³-hybridized carbons (Fsp3) is 0.750. The largest absolute Gasteiger partial charge is 0.352 e. The van der Waals surface area contributed by atoms with Crippen molar-refractivity contribution in [1.82, 2.24) is 5.32 Å². The van der Waals surface area contributed by atoms with E-state index in [0.717, 1.165) is 25.0 Å². The number of allylic oxidation sites excluding steroid dienone is 1. The lowest BCUT2D eigenvalue weighted by Crippen LogP contribution is -2.24. The fourth-order valence-corrected chi connectivity index (χ4v) is 1.18. The highest BCUT2D eigenvalue weighted by Crippen LogP contribution is 2.03. The molecule has 0 saturated carbocycles. The monoisotopic (exact) mass is 197 g/mol. The number of rotatable bonds is 7. The highest BCUT2D eigenvalue weighted by atomic mass is 16.1. The van der Waals surface area contributed by atoms with Gasteiger partial charge in [-0.05, 0) is 26.2 Å². The van der Waals surface area contributed by atoms with E-state index in [4.69, 9.17) is 0 Å². The summed E-state index contributed by atoms with van der Waals surface area (Å²) in [6, 6.07) is 0. The molecule has 0 aromatic carbocycles. The van der Waals surface area contributed by atoms with Gasteiger partial charge in [0.05, 0.1) is 0 Å². The Kier molecular flexibility index (Phi) is 8.30. The van der Waals surface area contributed by atoms with E-state index in [1.165, 1.54) is 19.3 Å². The van der Waals surface area contributed by atoms with Crippen molar-refractivity contribution in [2.45, 2.75) is 52.9 Å². The molecule has 0 aromatic heterocycles. The molecule has 0 aliphatic carbocycles. The van der Waals surface area contributed by atoms with Crippen molar-refractivity contribution >= 4 is 5.91 Å². The Balaban J connectivity index is 3.68. The summed E-state index contributed by atoms with van der Waals surface area (Å²) < 4.78 is 0. The second-order valence-electron chi connectivity index (χ2n) is 3.64. The third-order valence-electron chi connectivity index (χ3n) is 2.15. The third-order valence-corrected chi connectivity index (χ3v) is 2.15. The van der Waals surface area contributed by atoms with E-state index in [9.17, 15) is 4.79 Å². The molecule has 0 aromatic rings. The number of hydrogen-bond donors (Lipinski definition) is 1. The fourth-order valence-electron chi connectivity index (χ4n) is 1.18. The van der Waals surface area contributed by atoms with Crippen molar-refractivity contribution in [1.29, 1.82) is 0 Å². The average molecular weight is 197 g/mol. The van der Waals surface area contributed by atoms with Crippen molar-refractivity contribution < 1.29 is 4.79 Å². The lowest BCUT2D eigenvalue weighted by Gasteiger charge is -2.03. The molecule has 0 radical (unpaired) electrons. The van der Waals surface area contributed by atoms with Gasteiger partial charge in [0, 0.05) is 12.1 Å². The minimum absolute atomic E-state index is 0.0864. The van der Waals surface area contributed by atoms with E-state index < -0.39 is 0 Å². The van der Waals surface area contributed by atoms with Crippen molar-refractivity contribution in [3.8, 4) is 0 Å². The van der Waals surface area contributed by atoms with E-state index >= 15 is 0 Å². The normalized spacial score (nSPS) is 11.5. The molecule has 0 fully saturated rings. The summed E-state index contributed by atoms with van der Waals surface area (Å²) >= 11 is 0. The average Bonchev–Trinajstić information content (AvgIpc) is 2.20. The standard InChI is InChI=1S/C12H23NO/c1-4-6-7-8-9-11(3)12(14)13-10-5-2/h9H,4-8,10H2,1-3H3,(H,13,14)/b11-9+. The van der Waals surface area contributed by atoms with Gasteiger partial charge in [-0.3, -0.25) is 4.79 Å². The van der Waals surface area contributed by atoms with Gasteiger partial charge < -0.3 is 5.32 Å². The zero-order valence-corrected chi connectivity index (χ0v) is 9.73. The highest BCUT2D eigenvalue weighted by Gasteiger charge is 2.00. The molecule has 0 unspecified atom stereocenters. The first-order valence-electron chi connectivity index (χ1n) is 5.67. The molecule has 2 nitrogen and oxygen atoms in total. The summed E-state index contributed by atoms with van der Waals surface area (Å²) in [7, 11) is 0. The van der Waals surface area contributed by atoms with Gasteiger partial charge in [0.1, 0.15) is 0 Å². The van der Waals surface area contributed by atoms with Crippen molar-refractivity contribution in [2.75, 3.05) is 6.54 Å². The predicted octanol–water partition coefficient (Wildman–Crippen LogP) is 3.04. The lowest BCUT2D eigenvalue weighted by atomic mass is 10.1. The summed E-state index contributed by atoms with van der Waals surface area (Å²) in [5.41, 5.74) is 0.856. The van der Waals surface area contributed by atoms with Gasteiger partial charge in [-0.1, -0.05) is 32.8 Å². The van der Waals surface area contributed by atoms with Gasteiger partial charge in [-0.25, -0.2) is 0 Å². The molecule has 0 atom stereocenters. The minimum Gasteiger partial charge on any atom is -0.352 e. The van der Waals surface area contributed by atoms with E-state index in [1.807, 2.05) is 13.0 Å². The Morgan fingerprint density at radius 2 is 1.93 bits per heavy atom. The number of amides is 1. The molecule has 2 heteroatoms. The molecule has 0 spiro atoms. The zero-order chi connectivity index (χ0) is 10.8. The number of unbranched alkanes of at least 4 members (excludes halogenated alkanes) is 3. The van der Waals surface area contributed by atoms with Gasteiger partial charge in [0.15, 0.2) is 0 Å². The quantitative estimate of drug-likeness (QED) is 0.493. The Labute approximate surface area is 87.8 Å². The number of hydrogen-bond acceptors (Lipinski definition) is 1. The molecular formula is C12H23NO. The van der Waals surface area contributed by atoms with Crippen LogP contribution in [0, 0.1) is 0 Å². The minimum atomic E-state index is 0.0864. The smallest absolute Gasteiger partial charge is 0.246 e. The van der Waals surface area contributed by atoms with Crippen LogP contribution in [0.4, 0.5) is 0 Å². The van der Waals surface area contributed by atoms with Crippen molar-refractivity contribution in [2.24, 2.45) is 0 Å². The first-order valence-corrected chi connectivity index (χ1v) is 5.67. The van der Waals surface area contributed by atoms with Gasteiger partial charge in [0.2, 0.25) is 5.91 Å². The molecule has 1 amide bonds. The molecule has 14 heavy (non-hydrogen) atoms. The topological polar surface area (TPSA) is 29.1 Å². The molecule has 0 bridgehead atoms. The van der Waals surface area contributed by atoms with Gasteiger partial charge in [-0.15, -0.1) is 0 Å². The van der Waals surface area contributed by atoms with Crippen LogP contribution in [0.15, 0.2) is 11.6 Å². The number of carbonyl (C=O) groups excluding carboxylic acids is 1. The maximum atomic E-state index is 11.4. The molecule has 0 rings (SSSR count). The predicted molar refractivity (Wildman–Crippen MR) is 61.2 cm³/mol. The van der Waals surface area contributed by atoms with Crippen LogP contribution < -0.4 is 5.32 Å². The van der Waals surface area contributed by atoms with Crippen LogP contribution in [0.25, 0.3) is 0 Å². The van der Waals surface area contributed by atoms with E-state index in [1.54, 1.807) is 0 Å². The molecule has 0 saturated heterocycles. The van der Waals surface area contributed by atoms with Crippen LogP contribution in [0.1, 0.15) is 52.9 Å². The summed E-state index contributed by atoms with van der Waals surface area (Å²) in [6.07, 6.45) is 7.74. The molecule has 82 valence electrons. The van der Waals surface area contributed by atoms with Crippen LogP contribution in [0.5, 0.6) is 0 Å². The SMILES string of the molecule is CCCCC/C=C(\C)C(=O)NCCC. The highest BCUT2D eigenvalue weighted by molar-refractivity contribution is 5.92. The Morgan fingerprint density at radius 3 is 2.50 bits per heavy atom. The van der Waals surface area contributed by atoms with Gasteiger partial charge in [0.25, 0.3) is 0 Å². The first-order chi connectivity index (χ1) is 6.72. The second kappa shape index (κ2) is 8.79. The summed E-state index contributed by atoms with van der Waals surface area (Å²) in [6.45, 7) is 6.90. The Hall–Kier alpha value is -0.790.